The third kappa shape index (κ3) is 3.26. The maximum Gasteiger partial charge on any atom is 0.241 e. The van der Waals surface area contributed by atoms with Gasteiger partial charge in [0.2, 0.25) is 10.0 Å². The Morgan fingerprint density at radius 3 is 2.55 bits per heavy atom. The van der Waals surface area contributed by atoms with Gasteiger partial charge in [0.05, 0.1) is 4.90 Å². The summed E-state index contributed by atoms with van der Waals surface area (Å²) in [6.45, 7) is 0.409. The van der Waals surface area contributed by atoms with Gasteiger partial charge < -0.3 is 0 Å². The maximum atomic E-state index is 12.6. The molecule has 0 unspecified atom stereocenters. The van der Waals surface area contributed by atoms with Gasteiger partial charge in [-0.25, -0.2) is 13.1 Å². The van der Waals surface area contributed by atoms with E-state index in [1.165, 1.54) is 12.0 Å². The number of fused-ring (bicyclic) bond motifs is 1. The fourth-order valence-corrected chi connectivity index (χ4v) is 4.52. The molecule has 0 fully saturated rings. The zero-order valence-corrected chi connectivity index (χ0v) is 14.6. The number of hydrogen-bond donors (Lipinski definition) is 1. The summed E-state index contributed by atoms with van der Waals surface area (Å²) in [7, 11) is -3.51. The molecule has 0 radical (unpaired) electrons. The number of allylic oxidation sites excluding steroid dienone is 1. The summed E-state index contributed by atoms with van der Waals surface area (Å²) in [6, 6.07) is 11.0. The van der Waals surface area contributed by atoms with E-state index in [2.05, 4.69) is 26.7 Å². The van der Waals surface area contributed by atoms with Crippen molar-refractivity contribution in [3.8, 4) is 0 Å². The minimum atomic E-state index is -3.51. The fourth-order valence-electron chi connectivity index (χ4n) is 2.80. The third-order valence-electron chi connectivity index (χ3n) is 3.99. The van der Waals surface area contributed by atoms with Crippen molar-refractivity contribution in [3.63, 3.8) is 0 Å². The van der Waals surface area contributed by atoms with Crippen LogP contribution in [0.5, 0.6) is 0 Å². The van der Waals surface area contributed by atoms with E-state index < -0.39 is 10.0 Å². The molecule has 1 aliphatic rings. The highest BCUT2D eigenvalue weighted by Crippen LogP contribution is 2.29. The molecule has 0 aromatic heterocycles. The van der Waals surface area contributed by atoms with Crippen molar-refractivity contribution in [2.75, 3.05) is 6.54 Å². The maximum absolute atomic E-state index is 12.6. The lowest BCUT2D eigenvalue weighted by atomic mass is 10.0. The summed E-state index contributed by atoms with van der Waals surface area (Å²) >= 11 is 3.47. The highest BCUT2D eigenvalue weighted by atomic mass is 79.9. The van der Waals surface area contributed by atoms with Gasteiger partial charge in [-0.3, -0.25) is 0 Å². The van der Waals surface area contributed by atoms with Crippen molar-refractivity contribution in [2.24, 2.45) is 0 Å². The second-order valence-corrected chi connectivity index (χ2v) is 8.11. The number of sulfonamides is 1. The van der Waals surface area contributed by atoms with Crippen molar-refractivity contribution in [2.45, 2.75) is 30.6 Å². The first-order chi connectivity index (χ1) is 10.6. The lowest BCUT2D eigenvalue weighted by Crippen LogP contribution is -2.26. The van der Waals surface area contributed by atoms with Crippen LogP contribution in [0, 0.1) is 0 Å². The molecule has 5 heteroatoms. The number of hydrogen-bond acceptors (Lipinski definition) is 2. The van der Waals surface area contributed by atoms with Crippen LogP contribution in [0.2, 0.25) is 0 Å². The molecular formula is C17H18BrNO2S. The van der Waals surface area contributed by atoms with Crippen LogP contribution in [0.15, 0.2) is 57.4 Å². The molecule has 0 saturated heterocycles. The fraction of sp³-hybridized carbons (Fsp3) is 0.294. The van der Waals surface area contributed by atoms with Crippen LogP contribution in [0.3, 0.4) is 0 Å². The van der Waals surface area contributed by atoms with Crippen LogP contribution < -0.4 is 4.72 Å². The summed E-state index contributed by atoms with van der Waals surface area (Å²) in [6.07, 6.45) is 6.55. The lowest BCUT2D eigenvalue weighted by molar-refractivity contribution is 0.583. The predicted molar refractivity (Wildman–Crippen MR) is 93.4 cm³/mol. The van der Waals surface area contributed by atoms with Crippen LogP contribution in [0.25, 0.3) is 10.8 Å². The van der Waals surface area contributed by atoms with Crippen LogP contribution in [0.1, 0.15) is 25.7 Å². The average Bonchev–Trinajstić information content (AvgIpc) is 2.54. The van der Waals surface area contributed by atoms with E-state index >= 15 is 0 Å². The first-order valence-electron chi connectivity index (χ1n) is 7.43. The van der Waals surface area contributed by atoms with Gasteiger partial charge in [-0.2, -0.15) is 0 Å². The van der Waals surface area contributed by atoms with E-state index in [-0.39, 0.29) is 0 Å². The summed E-state index contributed by atoms with van der Waals surface area (Å²) in [5.41, 5.74) is 1.19. The minimum Gasteiger partial charge on any atom is -0.207 e. The third-order valence-corrected chi connectivity index (χ3v) is 6.15. The standard InChI is InChI=1S/C17H18BrNO2S/c18-16-10-11-17(15-9-5-4-8-14(15)16)22(20,21)19-12-13-6-2-1-3-7-13/h4-6,8-11,19H,1-3,7,12H2. The van der Waals surface area contributed by atoms with Crippen molar-refractivity contribution < 1.29 is 8.42 Å². The molecule has 0 spiro atoms. The monoisotopic (exact) mass is 379 g/mol. The van der Waals surface area contributed by atoms with Gasteiger partial charge in [0.1, 0.15) is 0 Å². The topological polar surface area (TPSA) is 46.2 Å². The smallest absolute Gasteiger partial charge is 0.207 e. The first kappa shape index (κ1) is 15.7. The van der Waals surface area contributed by atoms with Gasteiger partial charge >= 0.3 is 0 Å². The molecule has 0 heterocycles. The van der Waals surface area contributed by atoms with Crippen molar-refractivity contribution in [1.82, 2.24) is 4.72 Å². The Labute approximate surface area is 139 Å². The lowest BCUT2D eigenvalue weighted by Gasteiger charge is -2.15. The summed E-state index contributed by atoms with van der Waals surface area (Å²) < 4.78 is 28.9. The largest absolute Gasteiger partial charge is 0.241 e. The second kappa shape index (κ2) is 6.52. The van der Waals surface area contributed by atoms with Gasteiger partial charge in [0.15, 0.2) is 0 Å². The van der Waals surface area contributed by atoms with Crippen molar-refractivity contribution in [1.29, 1.82) is 0 Å². The molecule has 1 aliphatic carbocycles. The van der Waals surface area contributed by atoms with Crippen molar-refractivity contribution >= 4 is 36.7 Å². The number of rotatable bonds is 4. The second-order valence-electron chi connectivity index (χ2n) is 5.52. The van der Waals surface area contributed by atoms with E-state index in [0.717, 1.165) is 34.5 Å². The number of halogens is 1. The van der Waals surface area contributed by atoms with Gasteiger partial charge in [-0.15, -0.1) is 0 Å². The van der Waals surface area contributed by atoms with Gasteiger partial charge in [0.25, 0.3) is 0 Å². The molecule has 3 nitrogen and oxygen atoms in total. The highest BCUT2D eigenvalue weighted by molar-refractivity contribution is 9.10. The van der Waals surface area contributed by atoms with E-state index in [4.69, 9.17) is 0 Å². The summed E-state index contributed by atoms with van der Waals surface area (Å²) in [5, 5.41) is 1.64. The van der Waals surface area contributed by atoms with Crippen LogP contribution in [0.4, 0.5) is 0 Å². The van der Waals surface area contributed by atoms with Gasteiger partial charge in [0, 0.05) is 16.4 Å². The highest BCUT2D eigenvalue weighted by Gasteiger charge is 2.18. The molecule has 0 amide bonds. The SMILES string of the molecule is O=S(=O)(NCC1=CCCCC1)c1ccc(Br)c2ccccc12. The molecular weight excluding hydrogens is 362 g/mol. The molecule has 0 atom stereocenters. The average molecular weight is 380 g/mol. The Morgan fingerprint density at radius 1 is 1.05 bits per heavy atom. The quantitative estimate of drug-likeness (QED) is 0.801. The normalized spacial score (nSPS) is 15.8. The van der Waals surface area contributed by atoms with Crippen LogP contribution in [-0.4, -0.2) is 15.0 Å². The van der Waals surface area contributed by atoms with Crippen LogP contribution in [-0.2, 0) is 10.0 Å². The Morgan fingerprint density at radius 2 is 1.82 bits per heavy atom. The molecule has 2 aromatic rings. The minimum absolute atomic E-state index is 0.336. The Bertz CT molecular complexity index is 828. The Kier molecular flexibility index (Phi) is 4.66. The molecule has 22 heavy (non-hydrogen) atoms. The van der Waals surface area contributed by atoms with Crippen molar-refractivity contribution in [3.05, 3.63) is 52.5 Å². The van der Waals surface area contributed by atoms with Crippen LogP contribution >= 0.6 is 15.9 Å². The molecule has 0 bridgehead atoms. The molecule has 0 saturated carbocycles. The predicted octanol–water partition coefficient (Wildman–Crippen LogP) is 4.38. The molecule has 116 valence electrons. The molecule has 0 aliphatic heterocycles. The number of benzene rings is 2. The molecule has 1 N–H and O–H groups in total. The zero-order valence-electron chi connectivity index (χ0n) is 12.2. The van der Waals surface area contributed by atoms with E-state index in [9.17, 15) is 8.42 Å². The first-order valence-corrected chi connectivity index (χ1v) is 9.70. The molecule has 3 rings (SSSR count). The van der Waals surface area contributed by atoms with E-state index in [1.54, 1.807) is 12.1 Å². The Balaban J connectivity index is 1.92. The van der Waals surface area contributed by atoms with Gasteiger partial charge in [-0.05, 0) is 43.2 Å². The number of nitrogens with one attached hydrogen (secondary N) is 1. The van der Waals surface area contributed by atoms with Gasteiger partial charge in [-0.1, -0.05) is 51.8 Å². The van der Waals surface area contributed by atoms with E-state index in [0.29, 0.717) is 11.4 Å². The summed E-state index contributed by atoms with van der Waals surface area (Å²) in [5.74, 6) is 0. The van der Waals surface area contributed by atoms with E-state index in [1.807, 2.05) is 24.3 Å². The summed E-state index contributed by atoms with van der Waals surface area (Å²) in [4.78, 5) is 0.336. The molecule has 2 aromatic carbocycles. The zero-order chi connectivity index (χ0) is 15.6. The Hall–Kier alpha value is -1.17.